The highest BCUT2D eigenvalue weighted by atomic mass is 32.1. The molecule has 3 aromatic rings. The summed E-state index contributed by atoms with van der Waals surface area (Å²) in [5.41, 5.74) is 0.810. The van der Waals surface area contributed by atoms with Crippen LogP contribution in [0.15, 0.2) is 46.8 Å². The van der Waals surface area contributed by atoms with Crippen molar-refractivity contribution in [2.24, 2.45) is 5.92 Å². The van der Waals surface area contributed by atoms with E-state index in [0.717, 1.165) is 31.2 Å². The highest BCUT2D eigenvalue weighted by Gasteiger charge is 2.27. The minimum absolute atomic E-state index is 0.112. The molecule has 5 nitrogen and oxygen atoms in total. The van der Waals surface area contributed by atoms with Gasteiger partial charge >= 0.3 is 0 Å². The maximum Gasteiger partial charge on any atom is 0.262 e. The third-order valence-corrected chi connectivity index (χ3v) is 6.27. The Hall–Kier alpha value is -2.54. The number of nitrogens with zero attached hydrogens (tertiary/aromatic N) is 2. The number of hydrogen-bond acceptors (Lipinski definition) is 4. The van der Waals surface area contributed by atoms with E-state index >= 15 is 0 Å². The van der Waals surface area contributed by atoms with Gasteiger partial charge < -0.3 is 5.32 Å². The SMILES string of the molecule is O=C(CCn1cnc2sccc2c1=O)N[C@@H](c1ccc(F)cc1)C1CCCC1. The van der Waals surface area contributed by atoms with E-state index in [1.165, 1.54) is 34.4 Å². The van der Waals surface area contributed by atoms with Crippen LogP contribution in [0, 0.1) is 11.7 Å². The van der Waals surface area contributed by atoms with Crippen LogP contribution < -0.4 is 10.9 Å². The van der Waals surface area contributed by atoms with Gasteiger partial charge in [0, 0.05) is 13.0 Å². The number of fused-ring (bicyclic) bond motifs is 1. The smallest absolute Gasteiger partial charge is 0.262 e. The van der Waals surface area contributed by atoms with Gasteiger partial charge in [0.05, 0.1) is 17.8 Å². The lowest BCUT2D eigenvalue weighted by Gasteiger charge is -2.25. The van der Waals surface area contributed by atoms with Gasteiger partial charge in [-0.3, -0.25) is 14.2 Å². The zero-order chi connectivity index (χ0) is 19.5. The van der Waals surface area contributed by atoms with Crippen LogP contribution in [-0.4, -0.2) is 15.5 Å². The first-order valence-corrected chi connectivity index (χ1v) is 10.5. The van der Waals surface area contributed by atoms with Gasteiger partial charge in [-0.05, 0) is 47.9 Å². The molecule has 1 aliphatic rings. The maximum atomic E-state index is 13.3. The van der Waals surface area contributed by atoms with Gasteiger partial charge in [0.15, 0.2) is 0 Å². The molecule has 1 aromatic carbocycles. The number of nitrogens with one attached hydrogen (secondary N) is 1. The molecule has 1 atom stereocenters. The van der Waals surface area contributed by atoms with Gasteiger partial charge in [0.25, 0.3) is 5.56 Å². The number of carbonyl (C=O) groups is 1. The number of benzene rings is 1. The van der Waals surface area contributed by atoms with Crippen LogP contribution in [0.5, 0.6) is 0 Å². The highest BCUT2D eigenvalue weighted by molar-refractivity contribution is 7.16. The normalized spacial score (nSPS) is 15.8. The molecule has 1 amide bonds. The van der Waals surface area contributed by atoms with Crippen molar-refractivity contribution in [3.8, 4) is 0 Å². The highest BCUT2D eigenvalue weighted by Crippen LogP contribution is 2.35. The summed E-state index contributed by atoms with van der Waals surface area (Å²) in [7, 11) is 0. The quantitative estimate of drug-likeness (QED) is 0.681. The first kappa shape index (κ1) is 18.8. The Balaban J connectivity index is 1.45. The molecule has 1 saturated carbocycles. The Kier molecular flexibility index (Phi) is 5.52. The van der Waals surface area contributed by atoms with Crippen molar-refractivity contribution in [3.63, 3.8) is 0 Å². The van der Waals surface area contributed by atoms with Gasteiger partial charge in [-0.1, -0.05) is 25.0 Å². The van der Waals surface area contributed by atoms with E-state index in [4.69, 9.17) is 0 Å². The Morgan fingerprint density at radius 2 is 2.00 bits per heavy atom. The largest absolute Gasteiger partial charge is 0.349 e. The van der Waals surface area contributed by atoms with Crippen LogP contribution in [0.2, 0.25) is 0 Å². The van der Waals surface area contributed by atoms with Crippen molar-refractivity contribution in [3.05, 3.63) is 63.8 Å². The molecule has 0 unspecified atom stereocenters. The number of aryl methyl sites for hydroxylation is 1. The lowest BCUT2D eigenvalue weighted by atomic mass is 9.91. The second-order valence-corrected chi connectivity index (χ2v) is 8.17. The van der Waals surface area contributed by atoms with Crippen LogP contribution in [0.3, 0.4) is 0 Å². The van der Waals surface area contributed by atoms with Crippen molar-refractivity contribution in [2.45, 2.75) is 44.7 Å². The number of aromatic nitrogens is 2. The van der Waals surface area contributed by atoms with Crippen molar-refractivity contribution >= 4 is 27.5 Å². The van der Waals surface area contributed by atoms with E-state index in [9.17, 15) is 14.0 Å². The first-order valence-electron chi connectivity index (χ1n) is 9.59. The van der Waals surface area contributed by atoms with Gasteiger partial charge in [-0.2, -0.15) is 0 Å². The van der Waals surface area contributed by atoms with Crippen LogP contribution in [0.1, 0.15) is 43.7 Å². The predicted octanol–water partition coefficient (Wildman–Crippen LogP) is 4.03. The van der Waals surface area contributed by atoms with Crippen LogP contribution >= 0.6 is 11.3 Å². The zero-order valence-corrected chi connectivity index (χ0v) is 16.3. The van der Waals surface area contributed by atoms with Crippen molar-refractivity contribution < 1.29 is 9.18 Å². The second-order valence-electron chi connectivity index (χ2n) is 7.27. The average Bonchev–Trinajstić information content (AvgIpc) is 3.38. The summed E-state index contributed by atoms with van der Waals surface area (Å²) in [6.45, 7) is 0.282. The molecule has 2 aromatic heterocycles. The molecular weight excluding hydrogens is 377 g/mol. The summed E-state index contributed by atoms with van der Waals surface area (Å²) in [6.07, 6.45) is 6.12. The molecule has 28 heavy (non-hydrogen) atoms. The molecule has 4 rings (SSSR count). The van der Waals surface area contributed by atoms with E-state index in [1.54, 1.807) is 18.2 Å². The predicted molar refractivity (Wildman–Crippen MR) is 108 cm³/mol. The van der Waals surface area contributed by atoms with Crippen LogP contribution in [-0.2, 0) is 11.3 Å². The summed E-state index contributed by atoms with van der Waals surface area (Å²) in [5, 5.41) is 5.55. The topological polar surface area (TPSA) is 64.0 Å². The Bertz CT molecular complexity index is 1020. The molecule has 2 heterocycles. The fraction of sp³-hybridized carbons (Fsp3) is 0.381. The Morgan fingerprint density at radius 3 is 2.75 bits per heavy atom. The van der Waals surface area contributed by atoms with Crippen molar-refractivity contribution in [1.82, 2.24) is 14.9 Å². The van der Waals surface area contributed by atoms with Gasteiger partial charge in [-0.15, -0.1) is 11.3 Å². The third-order valence-electron chi connectivity index (χ3n) is 5.45. The molecule has 0 bridgehead atoms. The first-order chi connectivity index (χ1) is 13.6. The number of carbonyl (C=O) groups excluding carboxylic acids is 1. The lowest BCUT2D eigenvalue weighted by Crippen LogP contribution is -2.34. The number of thiophene rings is 1. The number of amides is 1. The molecule has 0 radical (unpaired) electrons. The van der Waals surface area contributed by atoms with Gasteiger partial charge in [0.2, 0.25) is 5.91 Å². The maximum absolute atomic E-state index is 13.3. The van der Waals surface area contributed by atoms with Crippen molar-refractivity contribution in [1.29, 1.82) is 0 Å². The second kappa shape index (κ2) is 8.22. The van der Waals surface area contributed by atoms with E-state index in [0.29, 0.717) is 16.1 Å². The summed E-state index contributed by atoms with van der Waals surface area (Å²) >= 11 is 1.43. The molecule has 0 saturated heterocycles. The van der Waals surface area contributed by atoms with E-state index in [1.807, 2.05) is 5.38 Å². The molecule has 7 heteroatoms. The van der Waals surface area contributed by atoms with Gasteiger partial charge in [-0.25, -0.2) is 9.37 Å². The number of hydrogen-bond donors (Lipinski definition) is 1. The number of halogens is 1. The molecule has 1 fully saturated rings. The molecule has 1 N–H and O–H groups in total. The lowest BCUT2D eigenvalue weighted by molar-refractivity contribution is -0.122. The standard InChI is InChI=1S/C21H22FN3O2S/c22-16-7-5-15(6-8-16)19(14-3-1-2-4-14)24-18(26)9-11-25-13-23-20-17(21(25)27)10-12-28-20/h5-8,10,12-14,19H,1-4,9,11H2,(H,24,26)/t19-/m1/s1. The van der Waals surface area contributed by atoms with Crippen molar-refractivity contribution in [2.75, 3.05) is 0 Å². The minimum atomic E-state index is -0.282. The molecule has 0 spiro atoms. The fourth-order valence-electron chi connectivity index (χ4n) is 3.95. The number of rotatable bonds is 6. The molecule has 146 valence electrons. The third kappa shape index (κ3) is 3.99. The molecule has 0 aliphatic heterocycles. The van der Waals surface area contributed by atoms with E-state index in [-0.39, 0.29) is 36.3 Å². The van der Waals surface area contributed by atoms with Crippen LogP contribution in [0.25, 0.3) is 10.2 Å². The molecular formula is C21H22FN3O2S. The summed E-state index contributed by atoms with van der Waals surface area (Å²) in [5.74, 6) is -0.0320. The summed E-state index contributed by atoms with van der Waals surface area (Å²) in [6, 6.07) is 8.01. The summed E-state index contributed by atoms with van der Waals surface area (Å²) in [4.78, 5) is 30.1. The minimum Gasteiger partial charge on any atom is -0.349 e. The summed E-state index contributed by atoms with van der Waals surface area (Å²) < 4.78 is 14.8. The average molecular weight is 399 g/mol. The van der Waals surface area contributed by atoms with Crippen LogP contribution in [0.4, 0.5) is 4.39 Å². The van der Waals surface area contributed by atoms with E-state index < -0.39 is 0 Å². The monoisotopic (exact) mass is 399 g/mol. The van der Waals surface area contributed by atoms with Gasteiger partial charge in [0.1, 0.15) is 10.6 Å². The van der Waals surface area contributed by atoms with E-state index in [2.05, 4.69) is 10.3 Å². The zero-order valence-electron chi connectivity index (χ0n) is 15.4. The Morgan fingerprint density at radius 1 is 1.25 bits per heavy atom. The Labute approximate surface area is 166 Å². The molecule has 1 aliphatic carbocycles. The fourth-order valence-corrected chi connectivity index (χ4v) is 4.68.